The molecular weight excluding hydrogens is 215 g/mol. The van der Waals surface area contributed by atoms with E-state index in [1.165, 1.54) is 0 Å². The summed E-state index contributed by atoms with van der Waals surface area (Å²) in [5.41, 5.74) is 3.11. The highest BCUT2D eigenvalue weighted by Gasteiger charge is 2.25. The van der Waals surface area contributed by atoms with Crippen LogP contribution in [0.5, 0.6) is 0 Å². The van der Waals surface area contributed by atoms with Crippen molar-refractivity contribution in [1.82, 2.24) is 0 Å². The summed E-state index contributed by atoms with van der Waals surface area (Å²) < 4.78 is 35.6. The Balaban J connectivity index is 2.37. The Kier molecular flexibility index (Phi) is 4.21. The second kappa shape index (κ2) is 5.23. The molecule has 4 heteroatoms. The van der Waals surface area contributed by atoms with Gasteiger partial charge in [-0.05, 0) is 43.5 Å². The fraction of sp³-hybridized carbons (Fsp3) is 0.500. The second-order valence-corrected chi connectivity index (χ2v) is 4.02. The van der Waals surface area contributed by atoms with Crippen LogP contribution in [0.1, 0.15) is 24.0 Å². The quantitative estimate of drug-likeness (QED) is 0.770. The fourth-order valence-electron chi connectivity index (χ4n) is 1.60. The van der Waals surface area contributed by atoms with Gasteiger partial charge in [0.2, 0.25) is 0 Å². The normalized spacial score (nSPS) is 11.6. The number of aryl methyl sites for hydroxylation is 2. The maximum atomic E-state index is 11.9. The minimum absolute atomic E-state index is 0.108. The van der Waals surface area contributed by atoms with E-state index in [1.807, 2.05) is 32.0 Å². The zero-order chi connectivity index (χ0) is 12.2. The van der Waals surface area contributed by atoms with Crippen molar-refractivity contribution < 1.29 is 13.2 Å². The molecule has 0 heterocycles. The summed E-state index contributed by atoms with van der Waals surface area (Å²) in [4.78, 5) is 0. The van der Waals surface area contributed by atoms with Crippen LogP contribution in [0.2, 0.25) is 0 Å². The summed E-state index contributed by atoms with van der Waals surface area (Å²) in [6.07, 6.45) is -4.68. The third kappa shape index (κ3) is 5.05. The Morgan fingerprint density at radius 1 is 1.06 bits per heavy atom. The van der Waals surface area contributed by atoms with Crippen molar-refractivity contribution in [2.24, 2.45) is 0 Å². The maximum absolute atomic E-state index is 11.9. The molecule has 1 aromatic rings. The topological polar surface area (TPSA) is 12.0 Å². The molecule has 0 unspecified atom stereocenters. The Hall–Kier alpha value is -1.19. The number of benzene rings is 1. The van der Waals surface area contributed by atoms with Gasteiger partial charge in [-0.25, -0.2) is 0 Å². The van der Waals surface area contributed by atoms with Gasteiger partial charge in [0.05, 0.1) is 0 Å². The van der Waals surface area contributed by atoms with Gasteiger partial charge in [-0.3, -0.25) is 0 Å². The van der Waals surface area contributed by atoms with Crippen molar-refractivity contribution in [3.8, 4) is 0 Å². The summed E-state index contributed by atoms with van der Waals surface area (Å²) in [5, 5.41) is 3.00. The van der Waals surface area contributed by atoms with Gasteiger partial charge in [-0.1, -0.05) is 6.07 Å². The first-order chi connectivity index (χ1) is 7.37. The van der Waals surface area contributed by atoms with Gasteiger partial charge in [0.15, 0.2) is 0 Å². The van der Waals surface area contributed by atoms with Crippen molar-refractivity contribution in [2.75, 3.05) is 11.9 Å². The summed E-state index contributed by atoms with van der Waals surface area (Å²) in [5.74, 6) is 0. The molecule has 1 rings (SSSR count). The van der Waals surface area contributed by atoms with Crippen LogP contribution in [0.4, 0.5) is 18.9 Å². The molecule has 0 amide bonds. The number of hydrogen-bond donors (Lipinski definition) is 1. The molecule has 90 valence electrons. The summed E-state index contributed by atoms with van der Waals surface area (Å²) in [7, 11) is 0. The third-order valence-electron chi connectivity index (χ3n) is 2.19. The highest BCUT2D eigenvalue weighted by molar-refractivity contribution is 5.48. The van der Waals surface area contributed by atoms with E-state index in [2.05, 4.69) is 5.32 Å². The molecule has 1 nitrogen and oxygen atoms in total. The number of anilines is 1. The summed E-state index contributed by atoms with van der Waals surface area (Å²) in [6, 6.07) is 5.89. The van der Waals surface area contributed by atoms with E-state index < -0.39 is 12.6 Å². The largest absolute Gasteiger partial charge is 0.389 e. The van der Waals surface area contributed by atoms with Gasteiger partial charge in [0, 0.05) is 18.7 Å². The Morgan fingerprint density at radius 2 is 1.62 bits per heavy atom. The Bertz CT molecular complexity index is 324. The molecule has 1 N–H and O–H groups in total. The van der Waals surface area contributed by atoms with E-state index in [4.69, 9.17) is 0 Å². The highest BCUT2D eigenvalue weighted by Crippen LogP contribution is 2.21. The zero-order valence-corrected chi connectivity index (χ0v) is 9.49. The van der Waals surface area contributed by atoms with Gasteiger partial charge in [-0.15, -0.1) is 0 Å². The second-order valence-electron chi connectivity index (χ2n) is 4.02. The van der Waals surface area contributed by atoms with Crippen molar-refractivity contribution in [1.29, 1.82) is 0 Å². The van der Waals surface area contributed by atoms with E-state index in [0.29, 0.717) is 6.54 Å². The highest BCUT2D eigenvalue weighted by atomic mass is 19.4. The molecule has 0 aliphatic carbocycles. The first kappa shape index (κ1) is 12.9. The van der Waals surface area contributed by atoms with E-state index in [1.54, 1.807) is 0 Å². The lowest BCUT2D eigenvalue weighted by Crippen LogP contribution is -2.11. The molecule has 0 fully saturated rings. The lowest BCUT2D eigenvalue weighted by Gasteiger charge is -2.09. The van der Waals surface area contributed by atoms with Crippen LogP contribution >= 0.6 is 0 Å². The molecule has 0 aliphatic rings. The van der Waals surface area contributed by atoms with Crippen LogP contribution in [0.25, 0.3) is 0 Å². The van der Waals surface area contributed by atoms with Crippen molar-refractivity contribution >= 4 is 5.69 Å². The molecule has 0 saturated heterocycles. The van der Waals surface area contributed by atoms with Crippen molar-refractivity contribution in [3.63, 3.8) is 0 Å². The minimum atomic E-state index is -4.05. The van der Waals surface area contributed by atoms with Crippen molar-refractivity contribution in [3.05, 3.63) is 29.3 Å². The smallest absolute Gasteiger partial charge is 0.385 e. The van der Waals surface area contributed by atoms with E-state index >= 15 is 0 Å². The van der Waals surface area contributed by atoms with Crippen LogP contribution in [0.15, 0.2) is 18.2 Å². The SMILES string of the molecule is Cc1cc(C)cc(NCCCC(F)(F)F)c1. The fourth-order valence-corrected chi connectivity index (χ4v) is 1.60. The van der Waals surface area contributed by atoms with Gasteiger partial charge in [0.25, 0.3) is 0 Å². The van der Waals surface area contributed by atoms with Gasteiger partial charge >= 0.3 is 6.18 Å². The van der Waals surface area contributed by atoms with Crippen LogP contribution in [0.3, 0.4) is 0 Å². The molecule has 0 aromatic heterocycles. The maximum Gasteiger partial charge on any atom is 0.389 e. The average molecular weight is 231 g/mol. The van der Waals surface area contributed by atoms with Crippen LogP contribution in [-0.2, 0) is 0 Å². The van der Waals surface area contributed by atoms with Crippen LogP contribution in [0, 0.1) is 13.8 Å². The molecule has 0 saturated carbocycles. The lowest BCUT2D eigenvalue weighted by molar-refractivity contribution is -0.134. The minimum Gasteiger partial charge on any atom is -0.385 e. The molecular formula is C12H16F3N. The van der Waals surface area contributed by atoms with Crippen molar-refractivity contribution in [2.45, 2.75) is 32.9 Å². The molecule has 0 atom stereocenters. The van der Waals surface area contributed by atoms with E-state index in [9.17, 15) is 13.2 Å². The lowest BCUT2D eigenvalue weighted by atomic mass is 10.1. The third-order valence-corrected chi connectivity index (χ3v) is 2.19. The molecule has 0 aliphatic heterocycles. The number of alkyl halides is 3. The standard InChI is InChI=1S/C12H16F3N/c1-9-6-10(2)8-11(7-9)16-5-3-4-12(13,14)15/h6-8,16H,3-5H2,1-2H3. The van der Waals surface area contributed by atoms with Gasteiger partial charge in [0.1, 0.15) is 0 Å². The number of halogens is 3. The van der Waals surface area contributed by atoms with Gasteiger partial charge < -0.3 is 5.32 Å². The summed E-state index contributed by atoms with van der Waals surface area (Å²) >= 11 is 0. The van der Waals surface area contributed by atoms with Crippen LogP contribution in [-0.4, -0.2) is 12.7 Å². The molecule has 1 aromatic carbocycles. The van der Waals surface area contributed by atoms with E-state index in [0.717, 1.165) is 16.8 Å². The predicted molar refractivity (Wildman–Crippen MR) is 59.7 cm³/mol. The monoisotopic (exact) mass is 231 g/mol. The van der Waals surface area contributed by atoms with Crippen LogP contribution < -0.4 is 5.32 Å². The average Bonchev–Trinajstić information content (AvgIpc) is 2.09. The number of rotatable bonds is 4. The van der Waals surface area contributed by atoms with E-state index in [-0.39, 0.29) is 6.42 Å². The zero-order valence-electron chi connectivity index (χ0n) is 9.49. The first-order valence-corrected chi connectivity index (χ1v) is 5.26. The Morgan fingerprint density at radius 3 is 2.12 bits per heavy atom. The first-order valence-electron chi connectivity index (χ1n) is 5.26. The molecule has 0 bridgehead atoms. The Labute approximate surface area is 93.7 Å². The summed E-state index contributed by atoms with van der Waals surface area (Å²) in [6.45, 7) is 4.28. The predicted octanol–water partition coefficient (Wildman–Crippen LogP) is 4.06. The molecule has 16 heavy (non-hydrogen) atoms. The molecule has 0 radical (unpaired) electrons. The molecule has 0 spiro atoms. The number of hydrogen-bond acceptors (Lipinski definition) is 1. The number of nitrogens with one attached hydrogen (secondary N) is 1. The van der Waals surface area contributed by atoms with Gasteiger partial charge in [-0.2, -0.15) is 13.2 Å².